The van der Waals surface area contributed by atoms with Gasteiger partial charge in [-0.2, -0.15) is 4.99 Å². The number of hydrogen-bond acceptors (Lipinski definition) is 4. The van der Waals surface area contributed by atoms with Gasteiger partial charge in [0.1, 0.15) is 0 Å². The summed E-state index contributed by atoms with van der Waals surface area (Å²) in [6, 6.07) is 7.12. The predicted molar refractivity (Wildman–Crippen MR) is 101 cm³/mol. The third-order valence-corrected chi connectivity index (χ3v) is 5.68. The first-order chi connectivity index (χ1) is 11.6. The van der Waals surface area contributed by atoms with Gasteiger partial charge in [0, 0.05) is 18.2 Å². The van der Waals surface area contributed by atoms with E-state index in [1.807, 2.05) is 29.0 Å². The molecular formula is C16H14Cl2N2O2S2. The average molecular weight is 401 g/mol. The Morgan fingerprint density at radius 3 is 2.92 bits per heavy atom. The molecule has 0 fully saturated rings. The second-order valence-corrected chi connectivity index (χ2v) is 7.66. The largest absolute Gasteiger partial charge is 0.380 e. The predicted octanol–water partition coefficient (Wildman–Crippen LogP) is 4.85. The highest BCUT2D eigenvalue weighted by Gasteiger charge is 2.13. The van der Waals surface area contributed by atoms with Gasteiger partial charge in [-0.05, 0) is 30.5 Å². The lowest BCUT2D eigenvalue weighted by Crippen LogP contribution is -2.19. The van der Waals surface area contributed by atoms with Crippen LogP contribution in [0, 0.1) is 0 Å². The van der Waals surface area contributed by atoms with Crippen molar-refractivity contribution in [2.24, 2.45) is 4.99 Å². The molecule has 0 N–H and O–H groups in total. The molecule has 126 valence electrons. The Kier molecular flexibility index (Phi) is 5.73. The fourth-order valence-corrected chi connectivity index (χ4v) is 4.71. The summed E-state index contributed by atoms with van der Waals surface area (Å²) in [7, 11) is 0. The fraction of sp³-hybridized carbons (Fsp3) is 0.250. The van der Waals surface area contributed by atoms with Gasteiger partial charge in [-0.3, -0.25) is 4.79 Å². The second-order valence-electron chi connectivity index (χ2n) is 4.86. The van der Waals surface area contributed by atoms with Crippen molar-refractivity contribution in [3.63, 3.8) is 0 Å². The number of aromatic nitrogens is 1. The number of carbonyl (C=O) groups excluding carboxylic acids is 1. The van der Waals surface area contributed by atoms with Crippen LogP contribution in [0.15, 0.2) is 34.6 Å². The molecular weight excluding hydrogens is 387 g/mol. The molecule has 1 aromatic carbocycles. The molecule has 0 unspecified atom stereocenters. The van der Waals surface area contributed by atoms with Gasteiger partial charge in [0.15, 0.2) is 4.80 Å². The number of nitrogens with zero attached hydrogens (tertiary/aromatic N) is 2. The molecule has 3 rings (SSSR count). The van der Waals surface area contributed by atoms with Crippen LogP contribution in [0.2, 0.25) is 10.0 Å². The zero-order chi connectivity index (χ0) is 17.1. The summed E-state index contributed by atoms with van der Waals surface area (Å²) in [6.45, 7) is 3.64. The lowest BCUT2D eigenvalue weighted by atomic mass is 10.3. The van der Waals surface area contributed by atoms with Gasteiger partial charge in [-0.1, -0.05) is 40.6 Å². The minimum Gasteiger partial charge on any atom is -0.380 e. The Morgan fingerprint density at radius 1 is 1.38 bits per heavy atom. The molecule has 2 heterocycles. The van der Waals surface area contributed by atoms with E-state index in [9.17, 15) is 4.79 Å². The Hall–Kier alpha value is -1.18. The van der Waals surface area contributed by atoms with E-state index in [4.69, 9.17) is 27.9 Å². The van der Waals surface area contributed by atoms with Crippen molar-refractivity contribution in [1.29, 1.82) is 0 Å². The highest BCUT2D eigenvalue weighted by molar-refractivity contribution is 7.16. The number of thiophene rings is 1. The number of thiazole rings is 1. The number of benzene rings is 1. The van der Waals surface area contributed by atoms with Crippen LogP contribution in [0.1, 0.15) is 16.6 Å². The SMILES string of the molecule is CCOCCn1c(=NC(=O)c2cccs2)sc2cc(Cl)cc(Cl)c21. The Morgan fingerprint density at radius 2 is 2.21 bits per heavy atom. The summed E-state index contributed by atoms with van der Waals surface area (Å²) in [4.78, 5) is 17.8. The van der Waals surface area contributed by atoms with E-state index in [1.54, 1.807) is 12.1 Å². The zero-order valence-corrected chi connectivity index (χ0v) is 15.9. The molecule has 0 atom stereocenters. The quantitative estimate of drug-likeness (QED) is 0.574. The van der Waals surface area contributed by atoms with Crippen LogP contribution in [0.4, 0.5) is 0 Å². The van der Waals surface area contributed by atoms with Crippen LogP contribution >= 0.6 is 45.9 Å². The number of rotatable bonds is 5. The molecule has 2 aromatic heterocycles. The molecule has 4 nitrogen and oxygen atoms in total. The molecule has 1 amide bonds. The van der Waals surface area contributed by atoms with Crippen molar-refractivity contribution in [3.05, 3.63) is 49.4 Å². The van der Waals surface area contributed by atoms with Crippen LogP contribution < -0.4 is 4.80 Å². The van der Waals surface area contributed by atoms with Gasteiger partial charge >= 0.3 is 0 Å². The summed E-state index contributed by atoms with van der Waals surface area (Å²) in [5.41, 5.74) is 0.823. The monoisotopic (exact) mass is 400 g/mol. The molecule has 0 saturated heterocycles. The van der Waals surface area contributed by atoms with E-state index in [0.717, 1.165) is 10.2 Å². The standard InChI is InChI=1S/C16H14Cl2N2O2S2/c1-2-22-6-5-20-14-11(18)8-10(17)9-13(14)24-16(20)19-15(21)12-4-3-7-23-12/h3-4,7-9H,2,5-6H2,1H3. The van der Waals surface area contributed by atoms with E-state index < -0.39 is 0 Å². The van der Waals surface area contributed by atoms with Crippen LogP contribution in [0.3, 0.4) is 0 Å². The van der Waals surface area contributed by atoms with Gasteiger partial charge in [-0.25, -0.2) is 0 Å². The maximum Gasteiger partial charge on any atom is 0.289 e. The van der Waals surface area contributed by atoms with Crippen LogP contribution in [-0.4, -0.2) is 23.7 Å². The van der Waals surface area contributed by atoms with E-state index in [1.165, 1.54) is 22.7 Å². The summed E-state index contributed by atoms with van der Waals surface area (Å²) >= 11 is 15.2. The van der Waals surface area contributed by atoms with Gasteiger partial charge in [0.2, 0.25) is 0 Å². The average Bonchev–Trinajstić information content (AvgIpc) is 3.16. The molecule has 0 aliphatic heterocycles. The van der Waals surface area contributed by atoms with Crippen molar-refractivity contribution in [3.8, 4) is 0 Å². The van der Waals surface area contributed by atoms with Crippen molar-refractivity contribution >= 4 is 62.0 Å². The van der Waals surface area contributed by atoms with E-state index >= 15 is 0 Å². The third-order valence-electron chi connectivity index (χ3n) is 3.29. The highest BCUT2D eigenvalue weighted by atomic mass is 35.5. The first kappa shape index (κ1) is 17.6. The Labute approximate surface area is 156 Å². The summed E-state index contributed by atoms with van der Waals surface area (Å²) in [5, 5.41) is 2.95. The maximum absolute atomic E-state index is 12.3. The van der Waals surface area contributed by atoms with Crippen LogP contribution in [0.25, 0.3) is 10.2 Å². The van der Waals surface area contributed by atoms with Gasteiger partial charge in [-0.15, -0.1) is 11.3 Å². The molecule has 0 aliphatic rings. The fourth-order valence-electron chi connectivity index (χ4n) is 2.26. The maximum atomic E-state index is 12.3. The van der Waals surface area contributed by atoms with Crippen molar-refractivity contribution in [1.82, 2.24) is 4.57 Å². The Balaban J connectivity index is 2.13. The first-order valence-corrected chi connectivity index (χ1v) is 9.74. The topological polar surface area (TPSA) is 43.6 Å². The number of amides is 1. The third kappa shape index (κ3) is 3.73. The second kappa shape index (κ2) is 7.80. The smallest absolute Gasteiger partial charge is 0.289 e. The van der Waals surface area contributed by atoms with Gasteiger partial charge in [0.25, 0.3) is 5.91 Å². The number of carbonyl (C=O) groups is 1. The number of fused-ring (bicyclic) bond motifs is 1. The van der Waals surface area contributed by atoms with Crippen LogP contribution in [-0.2, 0) is 11.3 Å². The van der Waals surface area contributed by atoms with E-state index in [2.05, 4.69) is 4.99 Å². The zero-order valence-electron chi connectivity index (χ0n) is 12.8. The van der Waals surface area contributed by atoms with Gasteiger partial charge in [0.05, 0.1) is 26.7 Å². The first-order valence-electron chi connectivity index (χ1n) is 7.29. The lowest BCUT2D eigenvalue weighted by molar-refractivity contribution is 0.100. The minimum atomic E-state index is -0.260. The summed E-state index contributed by atoms with van der Waals surface area (Å²) in [6.07, 6.45) is 0. The Bertz CT molecular complexity index is 930. The summed E-state index contributed by atoms with van der Waals surface area (Å²) in [5.74, 6) is -0.260. The van der Waals surface area contributed by atoms with Crippen LogP contribution in [0.5, 0.6) is 0 Å². The summed E-state index contributed by atoms with van der Waals surface area (Å²) < 4.78 is 8.25. The molecule has 24 heavy (non-hydrogen) atoms. The lowest BCUT2D eigenvalue weighted by Gasteiger charge is -2.06. The minimum absolute atomic E-state index is 0.260. The molecule has 3 aromatic rings. The van der Waals surface area contributed by atoms with E-state index in [-0.39, 0.29) is 5.91 Å². The van der Waals surface area contributed by atoms with Crippen molar-refractivity contribution in [2.45, 2.75) is 13.5 Å². The number of hydrogen-bond donors (Lipinski definition) is 0. The molecule has 0 spiro atoms. The number of ether oxygens (including phenoxy) is 1. The molecule has 8 heteroatoms. The van der Waals surface area contributed by atoms with Gasteiger partial charge < -0.3 is 9.30 Å². The normalized spacial score (nSPS) is 12.2. The molecule has 0 radical (unpaired) electrons. The molecule has 0 aliphatic carbocycles. The highest BCUT2D eigenvalue weighted by Crippen LogP contribution is 2.29. The van der Waals surface area contributed by atoms with Crippen molar-refractivity contribution in [2.75, 3.05) is 13.2 Å². The van der Waals surface area contributed by atoms with E-state index in [0.29, 0.717) is 39.5 Å². The molecule has 0 bridgehead atoms. The molecule has 0 saturated carbocycles. The van der Waals surface area contributed by atoms with Crippen molar-refractivity contribution < 1.29 is 9.53 Å². The number of halogens is 2.